The van der Waals surface area contributed by atoms with Gasteiger partial charge in [0.15, 0.2) is 5.58 Å². The molecule has 7 heteroatoms. The van der Waals surface area contributed by atoms with Crippen LogP contribution in [0.15, 0.2) is 45.6 Å². The number of aromatic nitrogens is 1. The van der Waals surface area contributed by atoms with Gasteiger partial charge in [0.1, 0.15) is 11.5 Å². The molecule has 0 spiro atoms. The average molecular weight is 342 g/mol. The third-order valence-electron chi connectivity index (χ3n) is 3.81. The first-order valence-electron chi connectivity index (χ1n) is 7.72. The number of hydrogen-bond donors (Lipinski definition) is 2. The molecule has 7 nitrogen and oxygen atoms in total. The molecule has 0 saturated carbocycles. The maximum absolute atomic E-state index is 12.2. The van der Waals surface area contributed by atoms with Gasteiger partial charge < -0.3 is 19.2 Å². The zero-order valence-corrected chi connectivity index (χ0v) is 13.9. The summed E-state index contributed by atoms with van der Waals surface area (Å²) >= 11 is 0. The summed E-state index contributed by atoms with van der Waals surface area (Å²) in [7, 11) is 3.10. The van der Waals surface area contributed by atoms with Gasteiger partial charge in [0.25, 0.3) is 0 Å². The SMILES string of the molecule is COc1ccc(NC(=O)CCc2ccc3oc(=O)[nH]c3c2)c(OC)c1. The fraction of sp³-hybridized carbons (Fsp3) is 0.222. The van der Waals surface area contributed by atoms with E-state index in [-0.39, 0.29) is 5.91 Å². The predicted octanol–water partition coefficient (Wildman–Crippen LogP) is 2.71. The van der Waals surface area contributed by atoms with Crippen molar-refractivity contribution in [1.82, 2.24) is 4.98 Å². The summed E-state index contributed by atoms with van der Waals surface area (Å²) in [6.07, 6.45) is 0.830. The minimum absolute atomic E-state index is 0.135. The number of aryl methyl sites for hydroxylation is 1. The summed E-state index contributed by atoms with van der Waals surface area (Å²) < 4.78 is 15.4. The number of benzene rings is 2. The number of nitrogens with one attached hydrogen (secondary N) is 2. The van der Waals surface area contributed by atoms with Crippen LogP contribution in [0.1, 0.15) is 12.0 Å². The van der Waals surface area contributed by atoms with Gasteiger partial charge in [-0.1, -0.05) is 6.07 Å². The summed E-state index contributed by atoms with van der Waals surface area (Å²) in [5.41, 5.74) is 2.64. The van der Waals surface area contributed by atoms with Gasteiger partial charge in [0.2, 0.25) is 5.91 Å². The lowest BCUT2D eigenvalue weighted by molar-refractivity contribution is -0.116. The second-order valence-corrected chi connectivity index (χ2v) is 5.46. The van der Waals surface area contributed by atoms with Crippen molar-refractivity contribution < 1.29 is 18.7 Å². The number of carbonyl (C=O) groups excluding carboxylic acids is 1. The highest BCUT2D eigenvalue weighted by Gasteiger charge is 2.10. The van der Waals surface area contributed by atoms with Crippen molar-refractivity contribution in [3.63, 3.8) is 0 Å². The van der Waals surface area contributed by atoms with Crippen LogP contribution in [0.2, 0.25) is 0 Å². The highest BCUT2D eigenvalue weighted by molar-refractivity contribution is 5.92. The van der Waals surface area contributed by atoms with Crippen molar-refractivity contribution in [2.45, 2.75) is 12.8 Å². The van der Waals surface area contributed by atoms with E-state index in [4.69, 9.17) is 13.9 Å². The molecule has 0 aliphatic rings. The van der Waals surface area contributed by atoms with Gasteiger partial charge in [-0.3, -0.25) is 9.78 Å². The maximum Gasteiger partial charge on any atom is 0.417 e. The summed E-state index contributed by atoms with van der Waals surface area (Å²) in [5, 5.41) is 2.83. The van der Waals surface area contributed by atoms with Gasteiger partial charge in [-0.15, -0.1) is 0 Å². The number of anilines is 1. The van der Waals surface area contributed by atoms with Crippen molar-refractivity contribution in [2.75, 3.05) is 19.5 Å². The maximum atomic E-state index is 12.2. The molecule has 0 atom stereocenters. The molecule has 0 aliphatic heterocycles. The number of ether oxygens (including phenoxy) is 2. The molecule has 0 radical (unpaired) electrons. The Morgan fingerprint density at radius 3 is 2.76 bits per heavy atom. The normalized spacial score (nSPS) is 10.6. The Kier molecular flexibility index (Phi) is 4.74. The molecule has 1 aromatic heterocycles. The summed E-state index contributed by atoms with van der Waals surface area (Å²) in [6.45, 7) is 0. The van der Waals surface area contributed by atoms with Crippen LogP contribution in [0.25, 0.3) is 11.1 Å². The molecule has 0 fully saturated rings. The molecule has 2 aromatic carbocycles. The molecular weight excluding hydrogens is 324 g/mol. The van der Waals surface area contributed by atoms with Crippen LogP contribution in [-0.4, -0.2) is 25.1 Å². The second kappa shape index (κ2) is 7.12. The average Bonchev–Trinajstić information content (AvgIpc) is 2.99. The predicted molar refractivity (Wildman–Crippen MR) is 93.3 cm³/mol. The van der Waals surface area contributed by atoms with E-state index in [0.717, 1.165) is 5.56 Å². The second-order valence-electron chi connectivity index (χ2n) is 5.46. The van der Waals surface area contributed by atoms with E-state index in [1.165, 1.54) is 7.11 Å². The number of aromatic amines is 1. The van der Waals surface area contributed by atoms with Crippen molar-refractivity contribution in [2.24, 2.45) is 0 Å². The largest absolute Gasteiger partial charge is 0.497 e. The van der Waals surface area contributed by atoms with Crippen LogP contribution in [-0.2, 0) is 11.2 Å². The first-order valence-corrected chi connectivity index (χ1v) is 7.72. The number of hydrogen-bond acceptors (Lipinski definition) is 5. The summed E-state index contributed by atoms with van der Waals surface area (Å²) in [4.78, 5) is 26.0. The van der Waals surface area contributed by atoms with Crippen LogP contribution < -0.4 is 20.5 Å². The molecule has 3 rings (SSSR count). The molecule has 0 bridgehead atoms. The fourth-order valence-corrected chi connectivity index (χ4v) is 2.53. The number of carbonyl (C=O) groups is 1. The van der Waals surface area contributed by atoms with Crippen molar-refractivity contribution >= 4 is 22.7 Å². The van der Waals surface area contributed by atoms with E-state index < -0.39 is 5.76 Å². The number of H-pyrrole nitrogens is 1. The van der Waals surface area contributed by atoms with Crippen molar-refractivity contribution in [1.29, 1.82) is 0 Å². The molecule has 130 valence electrons. The Labute approximate surface area is 143 Å². The molecule has 1 heterocycles. The van der Waals surface area contributed by atoms with E-state index in [1.807, 2.05) is 12.1 Å². The molecule has 3 aromatic rings. The Morgan fingerprint density at radius 1 is 1.16 bits per heavy atom. The van der Waals surface area contributed by atoms with Gasteiger partial charge >= 0.3 is 5.76 Å². The minimum Gasteiger partial charge on any atom is -0.497 e. The first kappa shape index (κ1) is 16.6. The van der Waals surface area contributed by atoms with Gasteiger partial charge in [0.05, 0.1) is 25.4 Å². The van der Waals surface area contributed by atoms with E-state index >= 15 is 0 Å². The lowest BCUT2D eigenvalue weighted by Crippen LogP contribution is -2.13. The highest BCUT2D eigenvalue weighted by Crippen LogP contribution is 2.29. The topological polar surface area (TPSA) is 93.6 Å². The van der Waals surface area contributed by atoms with Crippen LogP contribution >= 0.6 is 0 Å². The van der Waals surface area contributed by atoms with Gasteiger partial charge in [-0.05, 0) is 36.2 Å². The summed E-state index contributed by atoms with van der Waals surface area (Å²) in [6, 6.07) is 10.5. The molecular formula is C18H18N2O5. The standard InChI is InChI=1S/C18H18N2O5/c1-23-12-5-6-13(16(10-12)24-2)19-17(21)8-4-11-3-7-15-14(9-11)20-18(22)25-15/h3,5-7,9-10H,4,8H2,1-2H3,(H,19,21)(H,20,22). The van der Waals surface area contributed by atoms with E-state index in [1.54, 1.807) is 31.4 Å². The Morgan fingerprint density at radius 2 is 2.00 bits per heavy atom. The third-order valence-corrected chi connectivity index (χ3v) is 3.81. The quantitative estimate of drug-likeness (QED) is 0.718. The lowest BCUT2D eigenvalue weighted by atomic mass is 10.1. The van der Waals surface area contributed by atoms with Crippen LogP contribution in [0.4, 0.5) is 5.69 Å². The van der Waals surface area contributed by atoms with Crippen LogP contribution in [0.5, 0.6) is 11.5 Å². The van der Waals surface area contributed by atoms with E-state index in [0.29, 0.717) is 41.1 Å². The molecule has 2 N–H and O–H groups in total. The zero-order chi connectivity index (χ0) is 17.8. The number of amides is 1. The minimum atomic E-state index is -0.489. The monoisotopic (exact) mass is 342 g/mol. The Bertz CT molecular complexity index is 957. The number of fused-ring (bicyclic) bond motifs is 1. The van der Waals surface area contributed by atoms with Gasteiger partial charge in [-0.25, -0.2) is 4.79 Å². The number of methoxy groups -OCH3 is 2. The smallest absolute Gasteiger partial charge is 0.417 e. The van der Waals surface area contributed by atoms with Crippen molar-refractivity contribution in [3.05, 3.63) is 52.5 Å². The molecule has 1 amide bonds. The molecule has 0 unspecified atom stereocenters. The number of rotatable bonds is 6. The fourth-order valence-electron chi connectivity index (χ4n) is 2.53. The third kappa shape index (κ3) is 3.82. The first-order chi connectivity index (χ1) is 12.1. The molecule has 0 aliphatic carbocycles. The Hall–Kier alpha value is -3.22. The Balaban J connectivity index is 1.65. The number of oxazole rings is 1. The van der Waals surface area contributed by atoms with E-state index in [9.17, 15) is 9.59 Å². The highest BCUT2D eigenvalue weighted by atomic mass is 16.5. The van der Waals surface area contributed by atoms with Gasteiger partial charge in [-0.2, -0.15) is 0 Å². The van der Waals surface area contributed by atoms with E-state index in [2.05, 4.69) is 10.3 Å². The summed E-state index contributed by atoms with van der Waals surface area (Å²) in [5.74, 6) is 0.558. The zero-order valence-electron chi connectivity index (χ0n) is 13.9. The van der Waals surface area contributed by atoms with Gasteiger partial charge in [0, 0.05) is 12.5 Å². The van der Waals surface area contributed by atoms with Crippen LogP contribution in [0.3, 0.4) is 0 Å². The van der Waals surface area contributed by atoms with Crippen LogP contribution in [0, 0.1) is 0 Å². The lowest BCUT2D eigenvalue weighted by Gasteiger charge is -2.11. The van der Waals surface area contributed by atoms with Crippen molar-refractivity contribution in [3.8, 4) is 11.5 Å². The molecule has 0 saturated heterocycles. The molecule has 25 heavy (non-hydrogen) atoms.